The van der Waals surface area contributed by atoms with Gasteiger partial charge in [0.05, 0.1) is 23.1 Å². The summed E-state index contributed by atoms with van der Waals surface area (Å²) in [5.74, 6) is -0.790. The van der Waals surface area contributed by atoms with Crippen molar-refractivity contribution in [2.24, 2.45) is 11.8 Å². The SMILES string of the molecule is CC(C)(C)c1ccc(OC(=O)c2cccc(N3C(=O)[C@H]4CCCC[C@H]4C3=O)c2)cc1. The highest BCUT2D eigenvalue weighted by Gasteiger charge is 2.48. The maximum Gasteiger partial charge on any atom is 0.343 e. The number of nitrogens with zero attached hydrogens (tertiary/aromatic N) is 1. The molecule has 0 radical (unpaired) electrons. The first-order chi connectivity index (χ1) is 14.3. The van der Waals surface area contributed by atoms with E-state index in [1.807, 2.05) is 12.1 Å². The monoisotopic (exact) mass is 405 g/mol. The summed E-state index contributed by atoms with van der Waals surface area (Å²) in [6.07, 6.45) is 3.48. The lowest BCUT2D eigenvalue weighted by molar-refractivity contribution is -0.122. The van der Waals surface area contributed by atoms with Crippen molar-refractivity contribution >= 4 is 23.5 Å². The van der Waals surface area contributed by atoms with Gasteiger partial charge in [0, 0.05) is 0 Å². The Morgan fingerprint density at radius 1 is 0.933 bits per heavy atom. The zero-order chi connectivity index (χ0) is 21.5. The number of hydrogen-bond acceptors (Lipinski definition) is 4. The van der Waals surface area contributed by atoms with Gasteiger partial charge in [-0.25, -0.2) is 4.79 Å². The minimum Gasteiger partial charge on any atom is -0.423 e. The van der Waals surface area contributed by atoms with Crippen LogP contribution in [-0.4, -0.2) is 17.8 Å². The number of carbonyl (C=O) groups excluding carboxylic acids is 3. The van der Waals surface area contributed by atoms with Crippen LogP contribution in [0.2, 0.25) is 0 Å². The van der Waals surface area contributed by atoms with Crippen molar-refractivity contribution in [2.75, 3.05) is 4.90 Å². The second-order valence-corrected chi connectivity index (χ2v) is 9.22. The molecule has 1 aliphatic heterocycles. The van der Waals surface area contributed by atoms with E-state index in [2.05, 4.69) is 20.8 Å². The summed E-state index contributed by atoms with van der Waals surface area (Å²) in [4.78, 5) is 39.6. The second kappa shape index (κ2) is 7.71. The van der Waals surface area contributed by atoms with Gasteiger partial charge in [0.1, 0.15) is 5.75 Å². The average Bonchev–Trinajstić information content (AvgIpc) is 2.98. The van der Waals surface area contributed by atoms with E-state index in [9.17, 15) is 14.4 Å². The highest BCUT2D eigenvalue weighted by molar-refractivity contribution is 6.22. The maximum atomic E-state index is 12.8. The van der Waals surface area contributed by atoms with Gasteiger partial charge in [-0.1, -0.05) is 51.8 Å². The molecule has 1 saturated carbocycles. The molecule has 156 valence electrons. The molecule has 4 rings (SSSR count). The van der Waals surface area contributed by atoms with Gasteiger partial charge in [0.2, 0.25) is 11.8 Å². The number of rotatable bonds is 3. The number of ether oxygens (including phenoxy) is 1. The molecule has 2 amide bonds. The third kappa shape index (κ3) is 3.76. The number of hydrogen-bond donors (Lipinski definition) is 0. The summed E-state index contributed by atoms with van der Waals surface area (Å²) >= 11 is 0. The zero-order valence-corrected chi connectivity index (χ0v) is 17.7. The van der Waals surface area contributed by atoms with E-state index < -0.39 is 5.97 Å². The van der Waals surface area contributed by atoms with Crippen LogP contribution < -0.4 is 9.64 Å². The Balaban J connectivity index is 1.52. The van der Waals surface area contributed by atoms with Crippen LogP contribution in [0.15, 0.2) is 48.5 Å². The molecule has 1 aliphatic carbocycles. The quantitative estimate of drug-likeness (QED) is 0.415. The molecular formula is C25H27NO4. The van der Waals surface area contributed by atoms with Crippen molar-refractivity contribution in [3.05, 3.63) is 59.7 Å². The summed E-state index contributed by atoms with van der Waals surface area (Å²) in [6.45, 7) is 6.36. The van der Waals surface area contributed by atoms with E-state index >= 15 is 0 Å². The van der Waals surface area contributed by atoms with E-state index in [4.69, 9.17) is 4.74 Å². The van der Waals surface area contributed by atoms with Gasteiger partial charge in [0.25, 0.3) is 0 Å². The zero-order valence-electron chi connectivity index (χ0n) is 17.7. The molecule has 2 aromatic carbocycles. The molecule has 2 aliphatic rings. The van der Waals surface area contributed by atoms with Crippen molar-refractivity contribution in [1.29, 1.82) is 0 Å². The predicted octanol–water partition coefficient (Wildman–Crippen LogP) is 4.88. The number of amides is 2. The van der Waals surface area contributed by atoms with Crippen molar-refractivity contribution in [1.82, 2.24) is 0 Å². The van der Waals surface area contributed by atoms with E-state index in [0.717, 1.165) is 31.2 Å². The smallest absolute Gasteiger partial charge is 0.343 e. The van der Waals surface area contributed by atoms with E-state index in [1.54, 1.807) is 36.4 Å². The molecule has 1 heterocycles. The maximum absolute atomic E-state index is 12.8. The van der Waals surface area contributed by atoms with Crippen molar-refractivity contribution < 1.29 is 19.1 Å². The van der Waals surface area contributed by atoms with Crippen LogP contribution in [0.25, 0.3) is 0 Å². The fraction of sp³-hybridized carbons (Fsp3) is 0.400. The molecule has 2 atom stereocenters. The Morgan fingerprint density at radius 3 is 2.10 bits per heavy atom. The Morgan fingerprint density at radius 2 is 1.53 bits per heavy atom. The first-order valence-electron chi connectivity index (χ1n) is 10.6. The van der Waals surface area contributed by atoms with Crippen LogP contribution in [0.5, 0.6) is 5.75 Å². The van der Waals surface area contributed by atoms with Gasteiger partial charge < -0.3 is 4.74 Å². The molecule has 0 aromatic heterocycles. The lowest BCUT2D eigenvalue weighted by atomic mass is 9.81. The van der Waals surface area contributed by atoms with Gasteiger partial charge in [-0.15, -0.1) is 0 Å². The van der Waals surface area contributed by atoms with E-state index in [0.29, 0.717) is 17.0 Å². The van der Waals surface area contributed by atoms with Crippen LogP contribution >= 0.6 is 0 Å². The second-order valence-electron chi connectivity index (χ2n) is 9.22. The average molecular weight is 405 g/mol. The molecule has 5 nitrogen and oxygen atoms in total. The number of benzene rings is 2. The van der Waals surface area contributed by atoms with Crippen LogP contribution in [-0.2, 0) is 15.0 Å². The lowest BCUT2D eigenvalue weighted by Gasteiger charge is -2.19. The standard InChI is InChI=1S/C25H27NO4/c1-25(2,3)17-11-13-19(14-12-17)30-24(29)16-7-6-8-18(15-16)26-22(27)20-9-4-5-10-21(20)23(26)28/h6-8,11-15,20-21H,4-5,9-10H2,1-3H3/t20-,21+. The minimum atomic E-state index is -0.517. The van der Waals surface area contributed by atoms with Gasteiger partial charge in [-0.2, -0.15) is 0 Å². The molecule has 1 saturated heterocycles. The Labute approximate surface area is 177 Å². The molecule has 0 N–H and O–H groups in total. The molecule has 0 unspecified atom stereocenters. The Hall–Kier alpha value is -2.95. The molecule has 5 heteroatoms. The summed E-state index contributed by atoms with van der Waals surface area (Å²) in [7, 11) is 0. The first-order valence-corrected chi connectivity index (χ1v) is 10.6. The molecule has 0 spiro atoms. The Kier molecular flexibility index (Phi) is 5.22. The molecule has 30 heavy (non-hydrogen) atoms. The molecule has 0 bridgehead atoms. The highest BCUT2D eigenvalue weighted by Crippen LogP contribution is 2.40. The van der Waals surface area contributed by atoms with Crippen molar-refractivity contribution in [3.8, 4) is 5.75 Å². The van der Waals surface area contributed by atoms with E-state index in [-0.39, 0.29) is 29.1 Å². The fourth-order valence-corrected chi connectivity index (χ4v) is 4.38. The summed E-state index contributed by atoms with van der Waals surface area (Å²) in [6, 6.07) is 14.0. The van der Waals surface area contributed by atoms with Crippen LogP contribution in [0, 0.1) is 11.8 Å². The highest BCUT2D eigenvalue weighted by atomic mass is 16.5. The van der Waals surface area contributed by atoms with Gasteiger partial charge in [-0.05, 0) is 54.2 Å². The van der Waals surface area contributed by atoms with Crippen LogP contribution in [0.4, 0.5) is 5.69 Å². The van der Waals surface area contributed by atoms with Crippen molar-refractivity contribution in [2.45, 2.75) is 51.9 Å². The van der Waals surface area contributed by atoms with Crippen LogP contribution in [0.1, 0.15) is 62.4 Å². The molecular weight excluding hydrogens is 378 g/mol. The summed E-state index contributed by atoms with van der Waals surface area (Å²) in [5, 5.41) is 0. The fourth-order valence-electron chi connectivity index (χ4n) is 4.38. The predicted molar refractivity (Wildman–Crippen MR) is 114 cm³/mol. The summed E-state index contributed by atoms with van der Waals surface area (Å²) in [5.41, 5.74) is 1.92. The van der Waals surface area contributed by atoms with Crippen molar-refractivity contribution in [3.63, 3.8) is 0 Å². The largest absolute Gasteiger partial charge is 0.423 e. The first kappa shape index (κ1) is 20.3. The summed E-state index contributed by atoms with van der Waals surface area (Å²) < 4.78 is 5.51. The van der Waals surface area contributed by atoms with E-state index in [1.165, 1.54) is 4.90 Å². The number of anilines is 1. The topological polar surface area (TPSA) is 63.7 Å². The lowest BCUT2D eigenvalue weighted by Crippen LogP contribution is -2.31. The third-order valence-corrected chi connectivity index (χ3v) is 6.11. The van der Waals surface area contributed by atoms with Gasteiger partial charge in [0.15, 0.2) is 0 Å². The minimum absolute atomic E-state index is 0.0167. The van der Waals surface area contributed by atoms with Gasteiger partial charge >= 0.3 is 5.97 Å². The Bertz CT molecular complexity index is 963. The third-order valence-electron chi connectivity index (χ3n) is 6.11. The number of carbonyl (C=O) groups is 3. The number of fused-ring (bicyclic) bond motifs is 1. The normalized spacial score (nSPS) is 21.5. The van der Waals surface area contributed by atoms with Gasteiger partial charge in [-0.3, -0.25) is 14.5 Å². The number of imide groups is 1. The van der Waals surface area contributed by atoms with Crippen LogP contribution in [0.3, 0.4) is 0 Å². The molecule has 2 fully saturated rings. The molecule has 2 aromatic rings. The number of esters is 1.